The number of hydrogen-bond donors (Lipinski definition) is 3. The molecule has 21 heavy (non-hydrogen) atoms. The first-order valence-corrected chi connectivity index (χ1v) is 7.75. The molecule has 0 spiro atoms. The Morgan fingerprint density at radius 2 is 1.76 bits per heavy atom. The second-order valence-corrected chi connectivity index (χ2v) is 6.48. The summed E-state index contributed by atoms with van der Waals surface area (Å²) < 4.78 is 38.9. The molecule has 0 radical (unpaired) electrons. The minimum absolute atomic E-state index is 0.0159. The number of nitrogen functional groups attached to an aromatic ring is 1. The van der Waals surface area contributed by atoms with E-state index in [0.29, 0.717) is 11.4 Å². The predicted molar refractivity (Wildman–Crippen MR) is 81.8 cm³/mol. The molecule has 0 aromatic heterocycles. The average molecular weight is 330 g/mol. The minimum Gasteiger partial charge on any atom is -0.398 e. The van der Waals surface area contributed by atoms with E-state index in [0.717, 1.165) is 0 Å². The molecule has 0 heterocycles. The SMILES string of the molecule is CNS(=O)(=O)c1ccc(Nc2ccc(Cl)c(F)c2)cc1N. The predicted octanol–water partition coefficient (Wildman–Crippen LogP) is 2.71. The number of rotatable bonds is 4. The van der Waals surface area contributed by atoms with E-state index >= 15 is 0 Å². The van der Waals surface area contributed by atoms with Gasteiger partial charge in [-0.2, -0.15) is 0 Å². The fourth-order valence-electron chi connectivity index (χ4n) is 1.72. The van der Waals surface area contributed by atoms with Crippen LogP contribution in [0, 0.1) is 5.82 Å². The molecule has 0 amide bonds. The number of sulfonamides is 1. The molecule has 0 saturated heterocycles. The van der Waals surface area contributed by atoms with Crippen molar-refractivity contribution in [3.8, 4) is 0 Å². The third kappa shape index (κ3) is 3.44. The molecule has 0 saturated carbocycles. The van der Waals surface area contributed by atoms with Gasteiger partial charge in [0.05, 0.1) is 10.7 Å². The quantitative estimate of drug-likeness (QED) is 0.753. The van der Waals surface area contributed by atoms with Crippen molar-refractivity contribution in [2.75, 3.05) is 18.1 Å². The summed E-state index contributed by atoms with van der Waals surface area (Å²) in [5.41, 5.74) is 6.83. The van der Waals surface area contributed by atoms with E-state index in [2.05, 4.69) is 10.0 Å². The van der Waals surface area contributed by atoms with Crippen LogP contribution in [0.5, 0.6) is 0 Å². The Balaban J connectivity index is 2.30. The Morgan fingerprint density at radius 3 is 2.33 bits per heavy atom. The van der Waals surface area contributed by atoms with Crippen LogP contribution in [0.4, 0.5) is 21.5 Å². The molecule has 2 aromatic carbocycles. The molecule has 5 nitrogen and oxygen atoms in total. The summed E-state index contributed by atoms with van der Waals surface area (Å²) in [5, 5.41) is 2.94. The van der Waals surface area contributed by atoms with Crippen molar-refractivity contribution in [1.29, 1.82) is 0 Å². The van der Waals surface area contributed by atoms with Gasteiger partial charge in [0.1, 0.15) is 10.7 Å². The number of benzene rings is 2. The second kappa shape index (κ2) is 5.88. The van der Waals surface area contributed by atoms with Crippen molar-refractivity contribution >= 4 is 38.7 Å². The molecule has 4 N–H and O–H groups in total. The molecule has 0 aliphatic rings. The Kier molecular flexibility index (Phi) is 4.36. The van der Waals surface area contributed by atoms with Gasteiger partial charge in [0.25, 0.3) is 0 Å². The van der Waals surface area contributed by atoms with Gasteiger partial charge in [-0.3, -0.25) is 0 Å². The van der Waals surface area contributed by atoms with E-state index in [9.17, 15) is 12.8 Å². The highest BCUT2D eigenvalue weighted by Crippen LogP contribution is 2.26. The van der Waals surface area contributed by atoms with Crippen molar-refractivity contribution < 1.29 is 12.8 Å². The summed E-state index contributed by atoms with van der Waals surface area (Å²) in [7, 11) is -2.31. The van der Waals surface area contributed by atoms with E-state index in [1.165, 1.54) is 37.4 Å². The number of nitrogens with two attached hydrogens (primary N) is 1. The van der Waals surface area contributed by atoms with E-state index in [1.54, 1.807) is 6.07 Å². The first-order chi connectivity index (χ1) is 9.83. The number of halogens is 2. The van der Waals surface area contributed by atoms with Crippen LogP contribution in [-0.2, 0) is 10.0 Å². The third-order valence-electron chi connectivity index (χ3n) is 2.78. The highest BCUT2D eigenvalue weighted by molar-refractivity contribution is 7.89. The van der Waals surface area contributed by atoms with Gasteiger partial charge in [-0.25, -0.2) is 17.5 Å². The number of nitrogens with one attached hydrogen (secondary N) is 2. The Hall–Kier alpha value is -1.83. The molecule has 2 rings (SSSR count). The monoisotopic (exact) mass is 329 g/mol. The van der Waals surface area contributed by atoms with Gasteiger partial charge in [0.2, 0.25) is 10.0 Å². The van der Waals surface area contributed by atoms with Gasteiger partial charge in [-0.05, 0) is 43.4 Å². The maximum Gasteiger partial charge on any atom is 0.242 e. The number of hydrogen-bond acceptors (Lipinski definition) is 4. The number of anilines is 3. The summed E-state index contributed by atoms with van der Waals surface area (Å²) in [5.74, 6) is -0.552. The van der Waals surface area contributed by atoms with Crippen LogP contribution in [0.25, 0.3) is 0 Å². The molecule has 0 bridgehead atoms. The lowest BCUT2D eigenvalue weighted by Gasteiger charge is -2.11. The molecule has 0 aliphatic heterocycles. The molecule has 0 aliphatic carbocycles. The molecule has 0 unspecified atom stereocenters. The lowest BCUT2D eigenvalue weighted by atomic mass is 10.2. The van der Waals surface area contributed by atoms with Gasteiger partial charge in [-0.1, -0.05) is 11.6 Å². The lowest BCUT2D eigenvalue weighted by Crippen LogP contribution is -2.19. The van der Waals surface area contributed by atoms with Crippen molar-refractivity contribution in [3.05, 3.63) is 47.2 Å². The largest absolute Gasteiger partial charge is 0.398 e. The van der Waals surface area contributed by atoms with Crippen LogP contribution in [-0.4, -0.2) is 15.5 Å². The van der Waals surface area contributed by atoms with Crippen molar-refractivity contribution in [2.45, 2.75) is 4.90 Å². The molecule has 2 aromatic rings. The smallest absolute Gasteiger partial charge is 0.242 e. The Bertz CT molecular complexity index is 781. The first-order valence-electron chi connectivity index (χ1n) is 5.88. The van der Waals surface area contributed by atoms with Crippen LogP contribution in [0.15, 0.2) is 41.3 Å². The summed E-state index contributed by atoms with van der Waals surface area (Å²) in [6, 6.07) is 8.61. The fraction of sp³-hybridized carbons (Fsp3) is 0.0769. The third-order valence-corrected chi connectivity index (χ3v) is 4.57. The summed E-state index contributed by atoms with van der Waals surface area (Å²) >= 11 is 5.60. The maximum atomic E-state index is 13.3. The van der Waals surface area contributed by atoms with E-state index < -0.39 is 15.8 Å². The highest BCUT2D eigenvalue weighted by atomic mass is 35.5. The van der Waals surface area contributed by atoms with Crippen LogP contribution in [0.1, 0.15) is 0 Å². The van der Waals surface area contributed by atoms with E-state index in [4.69, 9.17) is 17.3 Å². The topological polar surface area (TPSA) is 84.2 Å². The van der Waals surface area contributed by atoms with Gasteiger partial charge in [0.15, 0.2) is 0 Å². The summed E-state index contributed by atoms with van der Waals surface area (Å²) in [6.07, 6.45) is 0. The summed E-state index contributed by atoms with van der Waals surface area (Å²) in [4.78, 5) is -0.0159. The van der Waals surface area contributed by atoms with Crippen molar-refractivity contribution in [2.24, 2.45) is 0 Å². The van der Waals surface area contributed by atoms with E-state index in [-0.39, 0.29) is 15.6 Å². The van der Waals surface area contributed by atoms with Gasteiger partial charge in [-0.15, -0.1) is 0 Å². The molecule has 0 atom stereocenters. The summed E-state index contributed by atoms with van der Waals surface area (Å²) in [6.45, 7) is 0. The lowest BCUT2D eigenvalue weighted by molar-refractivity contribution is 0.588. The van der Waals surface area contributed by atoms with Crippen LogP contribution in [0.3, 0.4) is 0 Å². The van der Waals surface area contributed by atoms with Gasteiger partial charge < -0.3 is 11.1 Å². The zero-order chi connectivity index (χ0) is 15.6. The zero-order valence-electron chi connectivity index (χ0n) is 11.0. The molecule has 112 valence electrons. The molecule has 8 heteroatoms. The standard InChI is InChI=1S/C13H13ClFN3O2S/c1-17-21(19,20)13-5-3-9(7-12(13)16)18-8-2-4-10(14)11(15)6-8/h2-7,17-18H,16H2,1H3. The Labute approximate surface area is 127 Å². The van der Waals surface area contributed by atoms with E-state index in [1.807, 2.05) is 0 Å². The van der Waals surface area contributed by atoms with Crippen LogP contribution >= 0.6 is 11.6 Å². The normalized spacial score (nSPS) is 11.4. The van der Waals surface area contributed by atoms with Crippen molar-refractivity contribution in [3.63, 3.8) is 0 Å². The minimum atomic E-state index is -3.61. The van der Waals surface area contributed by atoms with Gasteiger partial charge >= 0.3 is 0 Å². The van der Waals surface area contributed by atoms with Crippen LogP contribution in [0.2, 0.25) is 5.02 Å². The zero-order valence-corrected chi connectivity index (χ0v) is 12.6. The maximum absolute atomic E-state index is 13.3. The first kappa shape index (κ1) is 15.6. The highest BCUT2D eigenvalue weighted by Gasteiger charge is 2.15. The molecule has 0 fully saturated rings. The van der Waals surface area contributed by atoms with Crippen molar-refractivity contribution in [1.82, 2.24) is 4.72 Å². The average Bonchev–Trinajstić information content (AvgIpc) is 2.43. The molecular weight excluding hydrogens is 317 g/mol. The fourth-order valence-corrected chi connectivity index (χ4v) is 2.68. The second-order valence-electron chi connectivity index (χ2n) is 4.21. The van der Waals surface area contributed by atoms with Gasteiger partial charge in [0, 0.05) is 11.4 Å². The molecular formula is C13H13ClFN3O2S. The van der Waals surface area contributed by atoms with Crippen LogP contribution < -0.4 is 15.8 Å². The Morgan fingerprint density at radius 1 is 1.14 bits per heavy atom.